The molecule has 1 aromatic heterocycles. The number of carbonyl (C=O) groups is 1. The molecule has 1 aliphatic heterocycles. The van der Waals surface area contributed by atoms with Crippen LogP contribution in [0.1, 0.15) is 34.0 Å². The molecule has 1 fully saturated rings. The number of rotatable bonds is 8. The number of carbonyl (C=O) groups excluding carboxylic acids is 1. The Morgan fingerprint density at radius 2 is 1.79 bits per heavy atom. The quantitative estimate of drug-likeness (QED) is 0.240. The summed E-state index contributed by atoms with van der Waals surface area (Å²) in [6.07, 6.45) is -3.20. The number of aryl methyl sites for hydroxylation is 1. The number of alkyl halides is 3. The standard InChI is InChI=1S/C26H28F3IN6O2/c1-3-35-8-10-36(11-9-35)15-19-6-7-20(13-21(19)26(27,28)29)33-25(37)18-5-4-17(2)22(12-18)38-24-14-23(34-30)31-16-32-24/h4-7,12-14,16H,3,8-11,15H2,1-2H3,(H,33,37)(H,31,32,34). The zero-order valence-electron chi connectivity index (χ0n) is 21.0. The summed E-state index contributed by atoms with van der Waals surface area (Å²) in [5.74, 6) is 0.671. The van der Waals surface area contributed by atoms with E-state index >= 15 is 0 Å². The van der Waals surface area contributed by atoms with Crippen LogP contribution in [-0.2, 0) is 12.7 Å². The molecule has 4 rings (SSSR count). The predicted octanol–water partition coefficient (Wildman–Crippen LogP) is 5.75. The van der Waals surface area contributed by atoms with Crippen molar-refractivity contribution < 1.29 is 22.7 Å². The monoisotopic (exact) mass is 640 g/mol. The molecule has 1 aliphatic rings. The maximum atomic E-state index is 13.9. The van der Waals surface area contributed by atoms with Crippen molar-refractivity contribution in [1.82, 2.24) is 19.8 Å². The maximum absolute atomic E-state index is 13.9. The van der Waals surface area contributed by atoms with Gasteiger partial charge in [0.15, 0.2) is 0 Å². The van der Waals surface area contributed by atoms with Crippen LogP contribution in [0, 0.1) is 6.92 Å². The highest BCUT2D eigenvalue weighted by Crippen LogP contribution is 2.35. The van der Waals surface area contributed by atoms with Crippen LogP contribution in [0.4, 0.5) is 24.7 Å². The molecule has 3 aromatic rings. The van der Waals surface area contributed by atoms with Gasteiger partial charge < -0.3 is 18.5 Å². The fourth-order valence-corrected chi connectivity index (χ4v) is 4.47. The van der Waals surface area contributed by atoms with Crippen molar-refractivity contribution in [2.75, 3.05) is 41.6 Å². The number of benzene rings is 2. The molecule has 8 nitrogen and oxygen atoms in total. The first-order valence-electron chi connectivity index (χ1n) is 12.1. The van der Waals surface area contributed by atoms with Crippen molar-refractivity contribution in [2.45, 2.75) is 26.6 Å². The minimum absolute atomic E-state index is 0.0680. The number of nitrogens with zero attached hydrogens (tertiary/aromatic N) is 4. The molecule has 38 heavy (non-hydrogen) atoms. The number of halogens is 4. The van der Waals surface area contributed by atoms with Gasteiger partial charge in [-0.25, -0.2) is 9.97 Å². The minimum atomic E-state index is -4.55. The van der Waals surface area contributed by atoms with Crippen molar-refractivity contribution in [1.29, 1.82) is 0 Å². The van der Waals surface area contributed by atoms with Crippen LogP contribution in [0.2, 0.25) is 0 Å². The lowest BCUT2D eigenvalue weighted by atomic mass is 10.0. The summed E-state index contributed by atoms with van der Waals surface area (Å²) in [5.41, 5.74) is 0.505. The summed E-state index contributed by atoms with van der Waals surface area (Å²) in [4.78, 5) is 25.3. The van der Waals surface area contributed by atoms with Crippen molar-refractivity contribution in [3.8, 4) is 11.6 Å². The number of amides is 1. The van der Waals surface area contributed by atoms with Gasteiger partial charge in [-0.15, -0.1) is 0 Å². The summed E-state index contributed by atoms with van der Waals surface area (Å²) in [5, 5.41) is 2.59. The molecule has 0 radical (unpaired) electrons. The Morgan fingerprint density at radius 1 is 1.05 bits per heavy atom. The lowest BCUT2D eigenvalue weighted by Gasteiger charge is -2.34. The SMILES string of the molecule is CCN1CCN(Cc2ccc(NC(=O)c3ccc(C)c(Oc4cc(NI)ncn4)c3)cc2C(F)(F)F)CC1. The Labute approximate surface area is 233 Å². The van der Waals surface area contributed by atoms with E-state index in [4.69, 9.17) is 4.74 Å². The maximum Gasteiger partial charge on any atom is 0.416 e. The average molecular weight is 640 g/mol. The van der Waals surface area contributed by atoms with Crippen LogP contribution in [-0.4, -0.2) is 58.4 Å². The van der Waals surface area contributed by atoms with Gasteiger partial charge in [-0.2, -0.15) is 13.2 Å². The van der Waals surface area contributed by atoms with Crippen LogP contribution in [0.5, 0.6) is 11.6 Å². The number of hydrogen-bond donors (Lipinski definition) is 2. The number of anilines is 2. The largest absolute Gasteiger partial charge is 0.439 e. The highest BCUT2D eigenvalue weighted by atomic mass is 127. The van der Waals surface area contributed by atoms with Gasteiger partial charge in [0, 0.05) is 50.0 Å². The van der Waals surface area contributed by atoms with Gasteiger partial charge in [-0.05, 0) is 48.9 Å². The van der Waals surface area contributed by atoms with Crippen LogP contribution >= 0.6 is 22.9 Å². The molecular weight excluding hydrogens is 612 g/mol. The van der Waals surface area contributed by atoms with E-state index in [0.717, 1.165) is 31.3 Å². The molecule has 202 valence electrons. The van der Waals surface area contributed by atoms with Gasteiger partial charge in [0.2, 0.25) is 5.88 Å². The molecule has 0 saturated carbocycles. The average Bonchev–Trinajstić information content (AvgIpc) is 2.90. The molecule has 2 aromatic carbocycles. The fourth-order valence-electron chi connectivity index (χ4n) is 4.17. The Bertz CT molecular complexity index is 1280. The summed E-state index contributed by atoms with van der Waals surface area (Å²) >= 11 is 1.93. The zero-order chi connectivity index (χ0) is 27.3. The lowest BCUT2D eigenvalue weighted by Crippen LogP contribution is -2.45. The van der Waals surface area contributed by atoms with Crippen LogP contribution in [0.25, 0.3) is 0 Å². The Hall–Kier alpha value is -2.97. The van der Waals surface area contributed by atoms with Gasteiger partial charge in [-0.1, -0.05) is 19.1 Å². The second-order valence-corrected chi connectivity index (χ2v) is 9.49. The number of aromatic nitrogens is 2. The van der Waals surface area contributed by atoms with Crippen molar-refractivity contribution >= 4 is 40.3 Å². The molecule has 1 amide bonds. The summed E-state index contributed by atoms with van der Waals surface area (Å²) in [7, 11) is 0. The molecule has 0 aliphatic carbocycles. The van der Waals surface area contributed by atoms with E-state index < -0.39 is 17.6 Å². The first-order chi connectivity index (χ1) is 18.2. The Morgan fingerprint density at radius 3 is 2.47 bits per heavy atom. The molecule has 0 unspecified atom stereocenters. The normalized spacial score (nSPS) is 14.8. The number of nitrogens with one attached hydrogen (secondary N) is 2. The smallest absolute Gasteiger partial charge is 0.416 e. The third kappa shape index (κ3) is 7.11. The molecule has 2 heterocycles. The van der Waals surface area contributed by atoms with Gasteiger partial charge in [0.05, 0.1) is 28.4 Å². The molecule has 0 spiro atoms. The summed E-state index contributed by atoms with van der Waals surface area (Å²) in [6, 6.07) is 10.4. The number of likely N-dealkylation sites (N-methyl/N-ethyl adjacent to an activating group) is 1. The second kappa shape index (κ2) is 12.3. The van der Waals surface area contributed by atoms with Crippen LogP contribution < -0.4 is 13.6 Å². The highest BCUT2D eigenvalue weighted by molar-refractivity contribution is 14.1. The van der Waals surface area contributed by atoms with E-state index in [-0.39, 0.29) is 29.2 Å². The van der Waals surface area contributed by atoms with E-state index in [1.165, 1.54) is 24.5 Å². The topological polar surface area (TPSA) is 82.6 Å². The van der Waals surface area contributed by atoms with E-state index in [0.29, 0.717) is 24.7 Å². The predicted molar refractivity (Wildman–Crippen MR) is 148 cm³/mol. The van der Waals surface area contributed by atoms with Crippen LogP contribution in [0.15, 0.2) is 48.8 Å². The molecule has 1 saturated heterocycles. The van der Waals surface area contributed by atoms with E-state index in [9.17, 15) is 18.0 Å². The molecule has 0 bridgehead atoms. The molecule has 12 heteroatoms. The van der Waals surface area contributed by atoms with E-state index in [1.807, 2.05) is 34.7 Å². The van der Waals surface area contributed by atoms with Gasteiger partial charge in [0.1, 0.15) is 17.9 Å². The van der Waals surface area contributed by atoms with E-state index in [2.05, 4.69) is 30.6 Å². The van der Waals surface area contributed by atoms with Crippen molar-refractivity contribution in [3.05, 3.63) is 71.0 Å². The number of piperazine rings is 1. The van der Waals surface area contributed by atoms with Crippen molar-refractivity contribution in [3.63, 3.8) is 0 Å². The van der Waals surface area contributed by atoms with Gasteiger partial charge in [0.25, 0.3) is 5.91 Å². The second-order valence-electron chi connectivity index (χ2n) is 8.95. The Balaban J connectivity index is 1.50. The fraction of sp³-hybridized carbons (Fsp3) is 0.346. The molecular formula is C26H28F3IN6O2. The van der Waals surface area contributed by atoms with Gasteiger partial charge in [-0.3, -0.25) is 9.69 Å². The third-order valence-corrected chi connectivity index (χ3v) is 6.94. The first kappa shape index (κ1) is 28.0. The third-order valence-electron chi connectivity index (χ3n) is 6.38. The summed E-state index contributed by atoms with van der Waals surface area (Å²) in [6.45, 7) is 8.13. The minimum Gasteiger partial charge on any atom is -0.439 e. The number of ether oxygens (including phenoxy) is 1. The Kier molecular flexibility index (Phi) is 9.05. The van der Waals surface area contributed by atoms with Gasteiger partial charge >= 0.3 is 6.18 Å². The molecule has 2 N–H and O–H groups in total. The van der Waals surface area contributed by atoms with E-state index in [1.54, 1.807) is 18.2 Å². The molecule has 0 atom stereocenters. The highest BCUT2D eigenvalue weighted by Gasteiger charge is 2.34. The zero-order valence-corrected chi connectivity index (χ0v) is 23.1. The lowest BCUT2D eigenvalue weighted by molar-refractivity contribution is -0.138. The number of hydrogen-bond acceptors (Lipinski definition) is 7. The van der Waals surface area contributed by atoms with Crippen LogP contribution in [0.3, 0.4) is 0 Å². The van der Waals surface area contributed by atoms with Crippen molar-refractivity contribution in [2.24, 2.45) is 0 Å². The first-order valence-corrected chi connectivity index (χ1v) is 13.2. The summed E-state index contributed by atoms with van der Waals surface area (Å²) < 4.78 is 50.5.